The summed E-state index contributed by atoms with van der Waals surface area (Å²) in [6.07, 6.45) is 2.43. The number of nitro benzene ring substituents is 1. The molecule has 0 aliphatic rings. The number of ether oxygens (including phenoxy) is 1. The fourth-order valence-corrected chi connectivity index (χ4v) is 2.00. The summed E-state index contributed by atoms with van der Waals surface area (Å²) in [6.45, 7) is 1.11. The lowest BCUT2D eigenvalue weighted by Gasteiger charge is -2.08. The highest BCUT2D eigenvalue weighted by Gasteiger charge is 2.12. The number of hydrogen-bond acceptors (Lipinski definition) is 5. The number of halogens is 1. The van der Waals surface area contributed by atoms with Crippen LogP contribution in [0.15, 0.2) is 48.5 Å². The van der Waals surface area contributed by atoms with E-state index in [0.29, 0.717) is 11.1 Å². The number of nitrogens with one attached hydrogen (secondary N) is 1. The van der Waals surface area contributed by atoms with E-state index >= 15 is 0 Å². The molecule has 26 heavy (non-hydrogen) atoms. The fourth-order valence-electron chi connectivity index (χ4n) is 2.00. The predicted molar refractivity (Wildman–Crippen MR) is 92.9 cm³/mol. The molecule has 2 aromatic rings. The van der Waals surface area contributed by atoms with Gasteiger partial charge in [-0.05, 0) is 36.3 Å². The maximum Gasteiger partial charge on any atom is 0.331 e. The topological polar surface area (TPSA) is 98.5 Å². The number of nitro groups is 1. The molecule has 0 radical (unpaired) electrons. The molecule has 0 saturated carbocycles. The number of non-ortho nitro benzene ring substituents is 1. The van der Waals surface area contributed by atoms with Crippen molar-refractivity contribution in [2.24, 2.45) is 0 Å². The van der Waals surface area contributed by atoms with Gasteiger partial charge in [-0.15, -0.1) is 0 Å². The monoisotopic (exact) mass is 358 g/mol. The van der Waals surface area contributed by atoms with Crippen LogP contribution in [0.1, 0.15) is 11.1 Å². The lowest BCUT2D eigenvalue weighted by Crippen LogP contribution is -2.20. The van der Waals surface area contributed by atoms with Crippen LogP contribution in [-0.2, 0) is 14.3 Å². The van der Waals surface area contributed by atoms with Crippen molar-refractivity contribution in [1.82, 2.24) is 0 Å². The highest BCUT2D eigenvalue weighted by atomic mass is 19.1. The first-order chi connectivity index (χ1) is 12.3. The van der Waals surface area contributed by atoms with Crippen molar-refractivity contribution < 1.29 is 23.6 Å². The number of esters is 1. The van der Waals surface area contributed by atoms with Gasteiger partial charge in [0.2, 0.25) is 0 Å². The predicted octanol–water partition coefficient (Wildman–Crippen LogP) is 3.24. The Morgan fingerprint density at radius 1 is 1.27 bits per heavy atom. The van der Waals surface area contributed by atoms with Crippen molar-refractivity contribution in [3.05, 3.63) is 75.6 Å². The molecule has 7 nitrogen and oxygen atoms in total. The number of anilines is 1. The molecule has 0 atom stereocenters. The number of carbonyl (C=O) groups is 2. The third-order valence-corrected chi connectivity index (χ3v) is 3.31. The second-order valence-electron chi connectivity index (χ2n) is 5.30. The molecule has 134 valence electrons. The van der Waals surface area contributed by atoms with Crippen molar-refractivity contribution in [3.63, 3.8) is 0 Å². The Morgan fingerprint density at radius 3 is 2.73 bits per heavy atom. The number of rotatable bonds is 6. The average Bonchev–Trinajstić information content (AvgIpc) is 2.60. The molecular weight excluding hydrogens is 343 g/mol. The molecule has 1 N–H and O–H groups in total. The smallest absolute Gasteiger partial charge is 0.331 e. The molecule has 8 heteroatoms. The molecule has 1 amide bonds. The Balaban J connectivity index is 1.89. The standard InChI is InChI=1S/C18H15FN2O5/c1-12-5-7-15(21(24)25)10-16(12)20-17(22)11-26-18(23)8-6-13-3-2-4-14(19)9-13/h2-10H,11H2,1H3,(H,20,22)/b8-6+. The minimum absolute atomic E-state index is 0.166. The van der Waals surface area contributed by atoms with E-state index in [1.807, 2.05) is 0 Å². The third kappa shape index (κ3) is 5.52. The van der Waals surface area contributed by atoms with Crippen LogP contribution in [0.4, 0.5) is 15.8 Å². The summed E-state index contributed by atoms with van der Waals surface area (Å²) >= 11 is 0. The Morgan fingerprint density at radius 2 is 2.04 bits per heavy atom. The molecular formula is C18H15FN2O5. The molecule has 0 heterocycles. The first kappa shape index (κ1) is 18.8. The summed E-state index contributed by atoms with van der Waals surface area (Å²) in [6, 6.07) is 9.65. The molecule has 0 bridgehead atoms. The molecule has 0 fully saturated rings. The van der Waals surface area contributed by atoms with Gasteiger partial charge in [-0.3, -0.25) is 14.9 Å². The minimum Gasteiger partial charge on any atom is -0.452 e. The number of amides is 1. The normalized spacial score (nSPS) is 10.5. The van der Waals surface area contributed by atoms with Crippen LogP contribution in [0.2, 0.25) is 0 Å². The SMILES string of the molecule is Cc1ccc([N+](=O)[O-])cc1NC(=O)COC(=O)/C=C/c1cccc(F)c1. The van der Waals surface area contributed by atoms with Gasteiger partial charge in [-0.2, -0.15) is 0 Å². The Hall–Kier alpha value is -3.55. The highest BCUT2D eigenvalue weighted by Crippen LogP contribution is 2.21. The second-order valence-corrected chi connectivity index (χ2v) is 5.30. The van der Waals surface area contributed by atoms with E-state index in [1.165, 1.54) is 42.5 Å². The highest BCUT2D eigenvalue weighted by molar-refractivity contribution is 5.95. The van der Waals surface area contributed by atoms with Gasteiger partial charge in [0.25, 0.3) is 11.6 Å². The largest absolute Gasteiger partial charge is 0.452 e. The maximum atomic E-state index is 13.0. The number of carbonyl (C=O) groups excluding carboxylic acids is 2. The molecule has 0 saturated heterocycles. The summed E-state index contributed by atoms with van der Waals surface area (Å²) in [4.78, 5) is 33.6. The van der Waals surface area contributed by atoms with Gasteiger partial charge in [0.05, 0.1) is 10.6 Å². The van der Waals surface area contributed by atoms with Crippen LogP contribution in [0.25, 0.3) is 6.08 Å². The lowest BCUT2D eigenvalue weighted by molar-refractivity contribution is -0.384. The van der Waals surface area contributed by atoms with Crippen LogP contribution in [0.5, 0.6) is 0 Å². The van der Waals surface area contributed by atoms with Gasteiger partial charge in [-0.1, -0.05) is 18.2 Å². The zero-order valence-corrected chi connectivity index (χ0v) is 13.8. The van der Waals surface area contributed by atoms with E-state index in [-0.39, 0.29) is 11.4 Å². The number of hydrogen-bond donors (Lipinski definition) is 1. The molecule has 0 aliphatic heterocycles. The molecule has 0 unspecified atom stereocenters. The van der Waals surface area contributed by atoms with Gasteiger partial charge in [0.15, 0.2) is 6.61 Å². The van der Waals surface area contributed by atoms with E-state index in [4.69, 9.17) is 4.74 Å². The average molecular weight is 358 g/mol. The molecule has 2 aromatic carbocycles. The molecule has 0 aromatic heterocycles. The zero-order valence-electron chi connectivity index (χ0n) is 13.8. The van der Waals surface area contributed by atoms with Gasteiger partial charge in [0.1, 0.15) is 5.82 Å². The van der Waals surface area contributed by atoms with Crippen LogP contribution < -0.4 is 5.32 Å². The first-order valence-corrected chi connectivity index (χ1v) is 7.50. The maximum absolute atomic E-state index is 13.0. The van der Waals surface area contributed by atoms with Gasteiger partial charge in [0, 0.05) is 18.2 Å². The Kier molecular flexibility index (Phi) is 6.15. The van der Waals surface area contributed by atoms with Crippen LogP contribution >= 0.6 is 0 Å². The van der Waals surface area contributed by atoms with E-state index in [1.54, 1.807) is 13.0 Å². The van der Waals surface area contributed by atoms with Crippen molar-refractivity contribution in [3.8, 4) is 0 Å². The van der Waals surface area contributed by atoms with Crippen LogP contribution in [0, 0.1) is 22.9 Å². The fraction of sp³-hybridized carbons (Fsp3) is 0.111. The number of nitrogens with zero attached hydrogens (tertiary/aromatic N) is 1. The summed E-state index contributed by atoms with van der Waals surface area (Å²) in [5.74, 6) is -1.85. The second kappa shape index (κ2) is 8.52. The van der Waals surface area contributed by atoms with Crippen molar-refractivity contribution in [2.45, 2.75) is 6.92 Å². The lowest BCUT2D eigenvalue weighted by atomic mass is 10.2. The third-order valence-electron chi connectivity index (χ3n) is 3.31. The van der Waals surface area contributed by atoms with E-state index < -0.39 is 29.2 Å². The first-order valence-electron chi connectivity index (χ1n) is 7.50. The molecule has 0 aliphatic carbocycles. The Labute approximate surface area is 148 Å². The van der Waals surface area contributed by atoms with E-state index in [2.05, 4.69) is 5.32 Å². The van der Waals surface area contributed by atoms with Gasteiger partial charge in [-0.25, -0.2) is 9.18 Å². The molecule has 2 rings (SSSR count). The van der Waals surface area contributed by atoms with Gasteiger partial charge < -0.3 is 10.1 Å². The summed E-state index contributed by atoms with van der Waals surface area (Å²) in [5.41, 5.74) is 1.19. The van der Waals surface area contributed by atoms with Crippen molar-refractivity contribution >= 4 is 29.3 Å². The number of benzene rings is 2. The summed E-state index contributed by atoms with van der Waals surface area (Å²) < 4.78 is 17.8. The summed E-state index contributed by atoms with van der Waals surface area (Å²) in [7, 11) is 0. The van der Waals surface area contributed by atoms with Crippen molar-refractivity contribution in [1.29, 1.82) is 0 Å². The van der Waals surface area contributed by atoms with Crippen LogP contribution in [-0.4, -0.2) is 23.4 Å². The minimum atomic E-state index is -0.778. The van der Waals surface area contributed by atoms with Gasteiger partial charge >= 0.3 is 5.97 Å². The quantitative estimate of drug-likeness (QED) is 0.370. The van der Waals surface area contributed by atoms with Crippen molar-refractivity contribution in [2.75, 3.05) is 11.9 Å². The zero-order chi connectivity index (χ0) is 19.1. The number of aryl methyl sites for hydroxylation is 1. The van der Waals surface area contributed by atoms with E-state index in [0.717, 1.165) is 6.08 Å². The van der Waals surface area contributed by atoms with Crippen LogP contribution in [0.3, 0.4) is 0 Å². The van der Waals surface area contributed by atoms with E-state index in [9.17, 15) is 24.1 Å². The summed E-state index contributed by atoms with van der Waals surface area (Å²) in [5, 5.41) is 13.2. The Bertz CT molecular complexity index is 880. The molecule has 0 spiro atoms.